The van der Waals surface area contributed by atoms with E-state index in [0.717, 1.165) is 35.9 Å². The predicted molar refractivity (Wildman–Crippen MR) is 87.0 cm³/mol. The standard InChI is InChI=1S/C18H16N4O/c23-18(13-6-7-15-12(9-13)4-2-8-19-15)21-11-17-20-10-14-3-1-5-16(14)22-17/h2,4,6-10H,1,3,5,11H2,(H,21,23). The van der Waals surface area contributed by atoms with Gasteiger partial charge in [-0.15, -0.1) is 0 Å². The van der Waals surface area contributed by atoms with Crippen LogP contribution in [0.2, 0.25) is 0 Å². The molecule has 1 aliphatic rings. The van der Waals surface area contributed by atoms with Gasteiger partial charge in [0.05, 0.1) is 12.1 Å². The van der Waals surface area contributed by atoms with Crippen LogP contribution in [0.25, 0.3) is 10.9 Å². The van der Waals surface area contributed by atoms with E-state index in [0.29, 0.717) is 17.9 Å². The third kappa shape index (κ3) is 2.77. The Balaban J connectivity index is 1.48. The number of carbonyl (C=O) groups excluding carboxylic acids is 1. The topological polar surface area (TPSA) is 67.8 Å². The molecule has 114 valence electrons. The highest BCUT2D eigenvalue weighted by Crippen LogP contribution is 2.18. The molecule has 5 nitrogen and oxygen atoms in total. The minimum absolute atomic E-state index is 0.125. The second-order valence-electron chi connectivity index (χ2n) is 5.71. The number of rotatable bonds is 3. The van der Waals surface area contributed by atoms with Gasteiger partial charge in [0.2, 0.25) is 0 Å². The van der Waals surface area contributed by atoms with Gasteiger partial charge in [-0.25, -0.2) is 9.97 Å². The molecule has 0 unspecified atom stereocenters. The highest BCUT2D eigenvalue weighted by molar-refractivity contribution is 5.97. The lowest BCUT2D eigenvalue weighted by molar-refractivity contribution is 0.0950. The molecule has 2 aromatic heterocycles. The third-order valence-electron chi connectivity index (χ3n) is 4.14. The number of fused-ring (bicyclic) bond motifs is 2. The fraction of sp³-hybridized carbons (Fsp3) is 0.222. The van der Waals surface area contributed by atoms with Crippen LogP contribution in [0.4, 0.5) is 0 Å². The van der Waals surface area contributed by atoms with Crippen molar-refractivity contribution in [2.45, 2.75) is 25.8 Å². The van der Waals surface area contributed by atoms with Crippen molar-refractivity contribution < 1.29 is 4.79 Å². The molecular formula is C18H16N4O. The van der Waals surface area contributed by atoms with Crippen molar-refractivity contribution in [1.29, 1.82) is 0 Å². The molecule has 0 radical (unpaired) electrons. The molecule has 0 atom stereocenters. The van der Waals surface area contributed by atoms with Crippen LogP contribution < -0.4 is 5.32 Å². The van der Waals surface area contributed by atoms with Gasteiger partial charge in [-0.1, -0.05) is 6.07 Å². The summed E-state index contributed by atoms with van der Waals surface area (Å²) in [6.07, 6.45) is 6.85. The molecule has 3 aromatic rings. The Hall–Kier alpha value is -2.82. The number of pyridine rings is 1. The summed E-state index contributed by atoms with van der Waals surface area (Å²) in [6.45, 7) is 0.344. The Morgan fingerprint density at radius 1 is 1.17 bits per heavy atom. The maximum atomic E-state index is 12.3. The van der Waals surface area contributed by atoms with E-state index in [9.17, 15) is 4.79 Å². The molecule has 1 aliphatic carbocycles. The van der Waals surface area contributed by atoms with Crippen LogP contribution in [-0.2, 0) is 19.4 Å². The first kappa shape index (κ1) is 13.8. The van der Waals surface area contributed by atoms with Crippen LogP contribution >= 0.6 is 0 Å². The van der Waals surface area contributed by atoms with Crippen molar-refractivity contribution in [3.8, 4) is 0 Å². The SMILES string of the molecule is O=C(NCc1ncc2c(n1)CCC2)c1ccc2ncccc2c1. The first-order valence-electron chi connectivity index (χ1n) is 7.76. The molecule has 0 fully saturated rings. The molecular weight excluding hydrogens is 288 g/mol. The molecule has 0 spiro atoms. The zero-order valence-electron chi connectivity index (χ0n) is 12.6. The molecule has 0 bridgehead atoms. The van der Waals surface area contributed by atoms with Gasteiger partial charge in [-0.2, -0.15) is 0 Å². The number of benzene rings is 1. The van der Waals surface area contributed by atoms with Crippen LogP contribution in [0.15, 0.2) is 42.7 Å². The van der Waals surface area contributed by atoms with Gasteiger partial charge in [0.25, 0.3) is 5.91 Å². The summed E-state index contributed by atoms with van der Waals surface area (Å²) < 4.78 is 0. The van der Waals surface area contributed by atoms with Gasteiger partial charge in [-0.05, 0) is 49.1 Å². The van der Waals surface area contributed by atoms with Gasteiger partial charge in [0.1, 0.15) is 5.82 Å². The van der Waals surface area contributed by atoms with Crippen LogP contribution in [0.1, 0.15) is 33.9 Å². The molecule has 1 amide bonds. The van der Waals surface area contributed by atoms with Crippen molar-refractivity contribution in [1.82, 2.24) is 20.3 Å². The average molecular weight is 304 g/mol. The summed E-state index contributed by atoms with van der Waals surface area (Å²) in [5.74, 6) is 0.543. The molecule has 1 N–H and O–H groups in total. The lowest BCUT2D eigenvalue weighted by Crippen LogP contribution is -2.24. The van der Waals surface area contributed by atoms with Crippen LogP contribution in [0.3, 0.4) is 0 Å². The summed E-state index contributed by atoms with van der Waals surface area (Å²) in [4.78, 5) is 25.4. The summed E-state index contributed by atoms with van der Waals surface area (Å²) in [7, 11) is 0. The number of aromatic nitrogens is 3. The molecule has 1 aromatic carbocycles. The lowest BCUT2D eigenvalue weighted by atomic mass is 10.1. The highest BCUT2D eigenvalue weighted by atomic mass is 16.1. The quantitative estimate of drug-likeness (QED) is 0.807. The first-order valence-corrected chi connectivity index (χ1v) is 7.76. The summed E-state index contributed by atoms with van der Waals surface area (Å²) in [5, 5.41) is 3.84. The van der Waals surface area contributed by atoms with Crippen molar-refractivity contribution in [2.24, 2.45) is 0 Å². The fourth-order valence-corrected chi connectivity index (χ4v) is 2.92. The Morgan fingerprint density at radius 3 is 3.09 bits per heavy atom. The number of aryl methyl sites for hydroxylation is 2. The lowest BCUT2D eigenvalue weighted by Gasteiger charge is -2.06. The van der Waals surface area contributed by atoms with Gasteiger partial charge >= 0.3 is 0 Å². The van der Waals surface area contributed by atoms with Crippen molar-refractivity contribution in [3.63, 3.8) is 0 Å². The first-order chi connectivity index (χ1) is 11.3. The summed E-state index contributed by atoms with van der Waals surface area (Å²) in [6, 6.07) is 9.30. The van der Waals surface area contributed by atoms with E-state index in [2.05, 4.69) is 20.3 Å². The summed E-state index contributed by atoms with van der Waals surface area (Å²) >= 11 is 0. The minimum Gasteiger partial charge on any atom is -0.345 e. The van der Waals surface area contributed by atoms with Gasteiger partial charge < -0.3 is 5.32 Å². The second kappa shape index (κ2) is 5.76. The van der Waals surface area contributed by atoms with Crippen molar-refractivity contribution in [2.75, 3.05) is 0 Å². The average Bonchev–Trinajstić information content (AvgIpc) is 3.07. The molecule has 2 heterocycles. The Bertz CT molecular complexity index is 891. The molecule has 23 heavy (non-hydrogen) atoms. The fourth-order valence-electron chi connectivity index (χ4n) is 2.92. The Kier molecular flexibility index (Phi) is 3.46. The maximum absolute atomic E-state index is 12.3. The van der Waals surface area contributed by atoms with Crippen LogP contribution in [0.5, 0.6) is 0 Å². The highest BCUT2D eigenvalue weighted by Gasteiger charge is 2.14. The van der Waals surface area contributed by atoms with E-state index < -0.39 is 0 Å². The number of amides is 1. The second-order valence-corrected chi connectivity index (χ2v) is 5.71. The van der Waals surface area contributed by atoms with E-state index in [1.165, 1.54) is 5.56 Å². The normalized spacial score (nSPS) is 13.0. The zero-order valence-corrected chi connectivity index (χ0v) is 12.6. The molecule has 0 aliphatic heterocycles. The molecule has 5 heteroatoms. The Morgan fingerprint density at radius 2 is 2.13 bits per heavy atom. The van der Waals surface area contributed by atoms with E-state index in [1.807, 2.05) is 30.5 Å². The summed E-state index contributed by atoms with van der Waals surface area (Å²) in [5.41, 5.74) is 3.86. The molecule has 0 saturated carbocycles. The van der Waals surface area contributed by atoms with E-state index in [1.54, 1.807) is 12.3 Å². The van der Waals surface area contributed by atoms with Gasteiger partial charge in [0.15, 0.2) is 0 Å². The molecule has 0 saturated heterocycles. The van der Waals surface area contributed by atoms with Crippen molar-refractivity contribution >= 4 is 16.8 Å². The minimum atomic E-state index is -0.125. The van der Waals surface area contributed by atoms with E-state index in [-0.39, 0.29) is 5.91 Å². The van der Waals surface area contributed by atoms with Crippen LogP contribution in [-0.4, -0.2) is 20.9 Å². The number of nitrogens with zero attached hydrogens (tertiary/aromatic N) is 3. The van der Waals surface area contributed by atoms with Gasteiger partial charge in [-0.3, -0.25) is 9.78 Å². The van der Waals surface area contributed by atoms with E-state index >= 15 is 0 Å². The van der Waals surface area contributed by atoms with Crippen LogP contribution in [0, 0.1) is 0 Å². The molecule has 4 rings (SSSR count). The monoisotopic (exact) mass is 304 g/mol. The number of hydrogen-bond acceptors (Lipinski definition) is 4. The Labute approximate surface area is 133 Å². The number of hydrogen-bond donors (Lipinski definition) is 1. The number of nitrogens with one attached hydrogen (secondary N) is 1. The predicted octanol–water partition coefficient (Wildman–Crippen LogP) is 2.44. The van der Waals surface area contributed by atoms with E-state index in [4.69, 9.17) is 0 Å². The van der Waals surface area contributed by atoms with Crippen molar-refractivity contribution in [3.05, 3.63) is 65.4 Å². The number of carbonyl (C=O) groups is 1. The zero-order chi connectivity index (χ0) is 15.6. The smallest absolute Gasteiger partial charge is 0.251 e. The van der Waals surface area contributed by atoms with Gasteiger partial charge in [0, 0.05) is 29.0 Å². The maximum Gasteiger partial charge on any atom is 0.251 e. The third-order valence-corrected chi connectivity index (χ3v) is 4.14. The largest absolute Gasteiger partial charge is 0.345 e.